The summed E-state index contributed by atoms with van der Waals surface area (Å²) in [5.41, 5.74) is 1.06. The van der Waals surface area contributed by atoms with Crippen molar-refractivity contribution in [2.24, 2.45) is 5.92 Å². The van der Waals surface area contributed by atoms with Gasteiger partial charge in [0.15, 0.2) is 0 Å². The Labute approximate surface area is 165 Å². The standard InChI is InChI=1S/C19H24N4O4S/c1-14-10-21-18(12-20-14)19(24)23-9-3-4-15(13-23)11-22-28(25,26)17-7-5-16(27-2)6-8-17/h5-8,10,12,15,22H,3-4,9,11,13H2,1-2H3. The molecule has 1 saturated heterocycles. The molecule has 1 unspecified atom stereocenters. The lowest BCUT2D eigenvalue weighted by atomic mass is 9.98. The van der Waals surface area contributed by atoms with Crippen molar-refractivity contribution in [3.05, 3.63) is 48.0 Å². The zero-order valence-corrected chi connectivity index (χ0v) is 16.8. The Morgan fingerprint density at radius 2 is 2.00 bits per heavy atom. The predicted octanol–water partition coefficient (Wildman–Crippen LogP) is 1.62. The van der Waals surface area contributed by atoms with Gasteiger partial charge in [0.25, 0.3) is 5.91 Å². The fourth-order valence-electron chi connectivity index (χ4n) is 3.15. The van der Waals surface area contributed by atoms with E-state index in [9.17, 15) is 13.2 Å². The average Bonchev–Trinajstić information content (AvgIpc) is 2.72. The van der Waals surface area contributed by atoms with E-state index in [0.29, 0.717) is 24.5 Å². The van der Waals surface area contributed by atoms with E-state index in [1.807, 2.05) is 6.92 Å². The van der Waals surface area contributed by atoms with Gasteiger partial charge < -0.3 is 9.64 Å². The van der Waals surface area contributed by atoms with E-state index in [1.165, 1.54) is 25.4 Å². The second-order valence-corrected chi connectivity index (χ2v) is 8.60. The van der Waals surface area contributed by atoms with Gasteiger partial charge in [-0.3, -0.25) is 9.78 Å². The lowest BCUT2D eigenvalue weighted by Crippen LogP contribution is -2.44. The number of carbonyl (C=O) groups excluding carboxylic acids is 1. The second kappa shape index (κ2) is 8.66. The molecule has 1 fully saturated rings. The van der Waals surface area contributed by atoms with Gasteiger partial charge in [-0.05, 0) is 49.9 Å². The van der Waals surface area contributed by atoms with Gasteiger partial charge in [-0.15, -0.1) is 0 Å². The number of benzene rings is 1. The van der Waals surface area contributed by atoms with Crippen LogP contribution in [-0.4, -0.2) is 55.9 Å². The summed E-state index contributed by atoms with van der Waals surface area (Å²) in [7, 11) is -2.08. The van der Waals surface area contributed by atoms with Crippen molar-refractivity contribution in [1.29, 1.82) is 0 Å². The molecule has 0 aliphatic carbocycles. The van der Waals surface area contributed by atoms with Crippen LogP contribution >= 0.6 is 0 Å². The number of nitrogens with zero attached hydrogens (tertiary/aromatic N) is 3. The first kappa shape index (κ1) is 20.2. The molecule has 1 atom stereocenters. The molecule has 150 valence electrons. The highest BCUT2D eigenvalue weighted by Gasteiger charge is 2.26. The molecule has 0 radical (unpaired) electrons. The van der Waals surface area contributed by atoms with Crippen molar-refractivity contribution in [2.75, 3.05) is 26.7 Å². The summed E-state index contributed by atoms with van der Waals surface area (Å²) in [5.74, 6) is 0.471. The minimum Gasteiger partial charge on any atom is -0.497 e. The Bertz CT molecular complexity index is 914. The van der Waals surface area contributed by atoms with Crippen molar-refractivity contribution in [2.45, 2.75) is 24.7 Å². The van der Waals surface area contributed by atoms with Crippen molar-refractivity contribution in [3.8, 4) is 5.75 Å². The second-order valence-electron chi connectivity index (χ2n) is 6.83. The minimum absolute atomic E-state index is 0.0455. The van der Waals surface area contributed by atoms with Crippen LogP contribution in [0.5, 0.6) is 5.75 Å². The quantitative estimate of drug-likeness (QED) is 0.785. The number of likely N-dealkylation sites (tertiary alicyclic amines) is 1. The summed E-state index contributed by atoms with van der Waals surface area (Å²) in [6, 6.07) is 6.23. The van der Waals surface area contributed by atoms with E-state index in [4.69, 9.17) is 4.74 Å². The highest BCUT2D eigenvalue weighted by Crippen LogP contribution is 2.19. The minimum atomic E-state index is -3.61. The highest BCUT2D eigenvalue weighted by molar-refractivity contribution is 7.89. The van der Waals surface area contributed by atoms with Gasteiger partial charge in [-0.25, -0.2) is 18.1 Å². The number of hydrogen-bond donors (Lipinski definition) is 1. The van der Waals surface area contributed by atoms with Gasteiger partial charge in [0.2, 0.25) is 10.0 Å². The molecule has 1 N–H and O–H groups in total. The number of piperidine rings is 1. The lowest BCUT2D eigenvalue weighted by Gasteiger charge is -2.32. The summed E-state index contributed by atoms with van der Waals surface area (Å²) < 4.78 is 32.7. The number of ether oxygens (including phenoxy) is 1. The van der Waals surface area contributed by atoms with Crippen molar-refractivity contribution >= 4 is 15.9 Å². The van der Waals surface area contributed by atoms with Crippen LogP contribution in [0.25, 0.3) is 0 Å². The molecule has 8 nitrogen and oxygen atoms in total. The van der Waals surface area contributed by atoms with Gasteiger partial charge in [-0.2, -0.15) is 0 Å². The molecule has 0 spiro atoms. The van der Waals surface area contributed by atoms with E-state index in [1.54, 1.807) is 23.2 Å². The van der Waals surface area contributed by atoms with E-state index < -0.39 is 10.0 Å². The Kier molecular flexibility index (Phi) is 6.25. The van der Waals surface area contributed by atoms with Gasteiger partial charge in [0, 0.05) is 25.8 Å². The maximum atomic E-state index is 12.6. The number of rotatable bonds is 6. The summed E-state index contributed by atoms with van der Waals surface area (Å²) in [4.78, 5) is 22.8. The van der Waals surface area contributed by atoms with Crippen LogP contribution in [0.2, 0.25) is 0 Å². The van der Waals surface area contributed by atoms with E-state index in [2.05, 4.69) is 14.7 Å². The van der Waals surface area contributed by atoms with E-state index in [-0.39, 0.29) is 23.3 Å². The monoisotopic (exact) mass is 404 g/mol. The molecule has 1 aromatic heterocycles. The average molecular weight is 404 g/mol. The van der Waals surface area contributed by atoms with Crippen LogP contribution in [0.1, 0.15) is 29.0 Å². The molecule has 3 rings (SSSR count). The Morgan fingerprint density at radius 1 is 1.25 bits per heavy atom. The third kappa shape index (κ3) is 4.85. The summed E-state index contributed by atoms with van der Waals surface area (Å²) >= 11 is 0. The van der Waals surface area contributed by atoms with Crippen LogP contribution in [0.3, 0.4) is 0 Å². The summed E-state index contributed by atoms with van der Waals surface area (Å²) in [6.45, 7) is 3.21. The number of sulfonamides is 1. The number of nitrogens with one attached hydrogen (secondary N) is 1. The Balaban J connectivity index is 1.59. The first-order chi connectivity index (χ1) is 13.4. The molecule has 9 heteroatoms. The fourth-order valence-corrected chi connectivity index (χ4v) is 4.26. The zero-order chi connectivity index (χ0) is 20.1. The third-order valence-electron chi connectivity index (χ3n) is 4.74. The maximum absolute atomic E-state index is 12.6. The number of amides is 1. The largest absolute Gasteiger partial charge is 0.497 e. The van der Waals surface area contributed by atoms with E-state index >= 15 is 0 Å². The molecule has 1 aromatic carbocycles. The fraction of sp³-hybridized carbons (Fsp3) is 0.421. The van der Waals surface area contributed by atoms with Gasteiger partial charge in [0.1, 0.15) is 11.4 Å². The molecular weight excluding hydrogens is 380 g/mol. The number of hydrogen-bond acceptors (Lipinski definition) is 6. The summed E-state index contributed by atoms with van der Waals surface area (Å²) in [5, 5.41) is 0. The number of aromatic nitrogens is 2. The third-order valence-corrected chi connectivity index (χ3v) is 6.18. The molecule has 1 aliphatic heterocycles. The van der Waals surface area contributed by atoms with Crippen molar-refractivity contribution in [3.63, 3.8) is 0 Å². The van der Waals surface area contributed by atoms with Crippen molar-refractivity contribution in [1.82, 2.24) is 19.6 Å². The van der Waals surface area contributed by atoms with Crippen LogP contribution in [0, 0.1) is 12.8 Å². The first-order valence-electron chi connectivity index (χ1n) is 9.10. The van der Waals surface area contributed by atoms with Crippen molar-refractivity contribution < 1.29 is 17.9 Å². The van der Waals surface area contributed by atoms with Crippen LogP contribution in [0.15, 0.2) is 41.6 Å². The molecule has 2 aromatic rings. The number of aryl methyl sites for hydroxylation is 1. The topological polar surface area (TPSA) is 101 Å². The molecular formula is C19H24N4O4S. The number of methoxy groups -OCH3 is 1. The van der Waals surface area contributed by atoms with E-state index in [0.717, 1.165) is 18.5 Å². The predicted molar refractivity (Wildman–Crippen MR) is 104 cm³/mol. The van der Waals surface area contributed by atoms with Crippen LogP contribution in [0.4, 0.5) is 0 Å². The van der Waals surface area contributed by atoms with Gasteiger partial charge in [-0.1, -0.05) is 0 Å². The summed E-state index contributed by atoms with van der Waals surface area (Å²) in [6.07, 6.45) is 4.72. The van der Waals surface area contributed by atoms with Gasteiger partial charge in [0.05, 0.1) is 23.9 Å². The van der Waals surface area contributed by atoms with Crippen LogP contribution in [-0.2, 0) is 10.0 Å². The molecule has 2 heterocycles. The molecule has 0 bridgehead atoms. The molecule has 0 saturated carbocycles. The maximum Gasteiger partial charge on any atom is 0.274 e. The first-order valence-corrected chi connectivity index (χ1v) is 10.6. The normalized spacial score (nSPS) is 17.4. The lowest BCUT2D eigenvalue weighted by molar-refractivity contribution is 0.0670. The highest BCUT2D eigenvalue weighted by atomic mass is 32.2. The molecule has 1 amide bonds. The molecule has 28 heavy (non-hydrogen) atoms. The Hall–Kier alpha value is -2.52. The zero-order valence-electron chi connectivity index (χ0n) is 16.0. The SMILES string of the molecule is COc1ccc(S(=O)(=O)NCC2CCCN(C(=O)c3cnc(C)cn3)C2)cc1. The smallest absolute Gasteiger partial charge is 0.274 e. The molecule has 1 aliphatic rings. The number of carbonyl (C=O) groups is 1. The van der Waals surface area contributed by atoms with Gasteiger partial charge >= 0.3 is 0 Å². The Morgan fingerprint density at radius 3 is 2.64 bits per heavy atom. The van der Waals surface area contributed by atoms with Crippen LogP contribution < -0.4 is 9.46 Å².